The highest BCUT2D eigenvalue weighted by molar-refractivity contribution is 6.07. The Kier molecular flexibility index (Phi) is 4.68. The standard InChI is InChI=1S/C20H23N3O3/c1-12-17-14(22-23-16(24)9-13-7-5-4-6-8-13)10-20(2,3)11-15(17)26-18(12)19(21)25/h4-8H,9-11H2,1-3H3,(H2,21,25)(H,23,24)/b22-14+. The number of carbonyl (C=O) groups is 2. The van der Waals surface area contributed by atoms with E-state index >= 15 is 0 Å². The third-order valence-corrected chi connectivity index (χ3v) is 4.54. The molecule has 1 aliphatic rings. The van der Waals surface area contributed by atoms with E-state index in [4.69, 9.17) is 10.2 Å². The van der Waals surface area contributed by atoms with Crippen LogP contribution in [0.15, 0.2) is 39.9 Å². The summed E-state index contributed by atoms with van der Waals surface area (Å²) in [6.07, 6.45) is 1.61. The van der Waals surface area contributed by atoms with Crippen molar-refractivity contribution in [1.29, 1.82) is 0 Å². The van der Waals surface area contributed by atoms with Crippen LogP contribution in [-0.4, -0.2) is 17.5 Å². The number of rotatable bonds is 4. The van der Waals surface area contributed by atoms with Crippen molar-refractivity contribution in [2.24, 2.45) is 16.3 Å². The summed E-state index contributed by atoms with van der Waals surface area (Å²) in [6.45, 7) is 5.99. The van der Waals surface area contributed by atoms with Gasteiger partial charge in [-0.15, -0.1) is 0 Å². The van der Waals surface area contributed by atoms with Gasteiger partial charge >= 0.3 is 0 Å². The van der Waals surface area contributed by atoms with Gasteiger partial charge in [0, 0.05) is 17.5 Å². The summed E-state index contributed by atoms with van der Waals surface area (Å²) in [5.41, 5.74) is 11.1. The van der Waals surface area contributed by atoms with Gasteiger partial charge in [0.2, 0.25) is 5.91 Å². The lowest BCUT2D eigenvalue weighted by atomic mass is 9.75. The van der Waals surface area contributed by atoms with Crippen molar-refractivity contribution in [1.82, 2.24) is 5.43 Å². The number of benzene rings is 1. The highest BCUT2D eigenvalue weighted by Gasteiger charge is 2.35. The van der Waals surface area contributed by atoms with Crippen molar-refractivity contribution >= 4 is 17.5 Å². The zero-order valence-corrected chi connectivity index (χ0v) is 15.3. The molecule has 0 fully saturated rings. The first kappa shape index (κ1) is 17.9. The van der Waals surface area contributed by atoms with Gasteiger partial charge in [0.05, 0.1) is 12.1 Å². The number of nitrogens with zero attached hydrogens (tertiary/aromatic N) is 1. The minimum Gasteiger partial charge on any atom is -0.455 e. The molecule has 3 rings (SSSR count). The summed E-state index contributed by atoms with van der Waals surface area (Å²) in [5.74, 6) is 0.0756. The van der Waals surface area contributed by atoms with Gasteiger partial charge in [-0.3, -0.25) is 9.59 Å². The Balaban J connectivity index is 1.86. The zero-order chi connectivity index (χ0) is 18.9. The van der Waals surface area contributed by atoms with Gasteiger partial charge in [0.25, 0.3) is 5.91 Å². The second-order valence-corrected chi connectivity index (χ2v) is 7.49. The largest absolute Gasteiger partial charge is 0.455 e. The number of hydrogen-bond acceptors (Lipinski definition) is 4. The molecular formula is C20H23N3O3. The summed E-state index contributed by atoms with van der Waals surface area (Å²) in [4.78, 5) is 23.8. The normalized spacial score (nSPS) is 17.0. The topological polar surface area (TPSA) is 97.7 Å². The Morgan fingerprint density at radius 2 is 1.92 bits per heavy atom. The van der Waals surface area contributed by atoms with Crippen molar-refractivity contribution in [3.05, 3.63) is 58.5 Å². The molecule has 1 aromatic heterocycles. The number of nitrogens with two attached hydrogens (primary N) is 1. The molecular weight excluding hydrogens is 330 g/mol. The monoisotopic (exact) mass is 353 g/mol. The summed E-state index contributed by atoms with van der Waals surface area (Å²) in [5, 5.41) is 4.35. The molecule has 0 unspecified atom stereocenters. The summed E-state index contributed by atoms with van der Waals surface area (Å²) < 4.78 is 5.70. The minimum atomic E-state index is -0.595. The third kappa shape index (κ3) is 3.69. The van der Waals surface area contributed by atoms with Gasteiger partial charge in [-0.2, -0.15) is 5.10 Å². The maximum atomic E-state index is 12.2. The fourth-order valence-corrected chi connectivity index (χ4v) is 3.40. The van der Waals surface area contributed by atoms with E-state index in [1.165, 1.54) is 0 Å². The third-order valence-electron chi connectivity index (χ3n) is 4.54. The maximum absolute atomic E-state index is 12.2. The van der Waals surface area contributed by atoms with Gasteiger partial charge in [0.1, 0.15) is 5.76 Å². The molecule has 1 aliphatic carbocycles. The smallest absolute Gasteiger partial charge is 0.284 e. The predicted octanol–water partition coefficient (Wildman–Crippen LogP) is 2.72. The lowest BCUT2D eigenvalue weighted by Gasteiger charge is -2.29. The molecule has 2 aromatic rings. The van der Waals surface area contributed by atoms with Crippen LogP contribution in [0.5, 0.6) is 0 Å². The van der Waals surface area contributed by atoms with Gasteiger partial charge in [0.15, 0.2) is 5.76 Å². The molecule has 136 valence electrons. The first-order valence-electron chi connectivity index (χ1n) is 8.58. The Morgan fingerprint density at radius 1 is 1.23 bits per heavy atom. The second kappa shape index (κ2) is 6.78. The van der Waals surface area contributed by atoms with Crippen LogP contribution in [0.2, 0.25) is 0 Å². The quantitative estimate of drug-likeness (QED) is 0.827. The van der Waals surface area contributed by atoms with Crippen molar-refractivity contribution in [2.75, 3.05) is 0 Å². The van der Waals surface area contributed by atoms with Crippen LogP contribution in [0, 0.1) is 12.3 Å². The molecule has 0 saturated carbocycles. The lowest BCUT2D eigenvalue weighted by molar-refractivity contribution is -0.120. The van der Waals surface area contributed by atoms with E-state index in [-0.39, 0.29) is 23.5 Å². The Labute approximate surface area is 152 Å². The summed E-state index contributed by atoms with van der Waals surface area (Å²) in [6, 6.07) is 9.49. The Bertz CT molecular complexity index is 879. The number of fused-ring (bicyclic) bond motifs is 1. The van der Waals surface area contributed by atoms with E-state index in [2.05, 4.69) is 24.4 Å². The van der Waals surface area contributed by atoms with Crippen LogP contribution in [0.1, 0.15) is 53.3 Å². The van der Waals surface area contributed by atoms with Crippen LogP contribution in [0.3, 0.4) is 0 Å². The highest BCUT2D eigenvalue weighted by Crippen LogP contribution is 2.38. The van der Waals surface area contributed by atoms with E-state index in [1.54, 1.807) is 6.92 Å². The number of hydrazone groups is 1. The lowest BCUT2D eigenvalue weighted by Crippen LogP contribution is -2.30. The molecule has 2 amide bonds. The number of furan rings is 1. The molecule has 6 nitrogen and oxygen atoms in total. The molecule has 0 atom stereocenters. The number of nitrogens with one attached hydrogen (secondary N) is 1. The SMILES string of the molecule is Cc1c(C(N)=O)oc2c1/C(=N/NC(=O)Cc1ccccc1)CC(C)(C)C2. The van der Waals surface area contributed by atoms with Gasteiger partial charge in [-0.1, -0.05) is 44.2 Å². The van der Waals surface area contributed by atoms with E-state index in [0.29, 0.717) is 29.9 Å². The van der Waals surface area contributed by atoms with E-state index in [1.807, 2.05) is 30.3 Å². The molecule has 26 heavy (non-hydrogen) atoms. The molecule has 1 aromatic carbocycles. The van der Waals surface area contributed by atoms with Crippen LogP contribution < -0.4 is 11.2 Å². The van der Waals surface area contributed by atoms with E-state index in [9.17, 15) is 9.59 Å². The average molecular weight is 353 g/mol. The van der Waals surface area contributed by atoms with Crippen molar-refractivity contribution in [3.63, 3.8) is 0 Å². The first-order chi connectivity index (χ1) is 12.3. The van der Waals surface area contributed by atoms with Crippen LogP contribution >= 0.6 is 0 Å². The molecule has 1 heterocycles. The number of hydrogen-bond donors (Lipinski definition) is 2. The molecule has 0 radical (unpaired) electrons. The molecule has 0 bridgehead atoms. The van der Waals surface area contributed by atoms with Crippen LogP contribution in [0.25, 0.3) is 0 Å². The van der Waals surface area contributed by atoms with Crippen molar-refractivity contribution < 1.29 is 14.0 Å². The molecule has 0 saturated heterocycles. The Morgan fingerprint density at radius 3 is 2.58 bits per heavy atom. The predicted molar refractivity (Wildman–Crippen MR) is 98.9 cm³/mol. The van der Waals surface area contributed by atoms with E-state index in [0.717, 1.165) is 11.1 Å². The van der Waals surface area contributed by atoms with Gasteiger partial charge in [-0.05, 0) is 24.3 Å². The molecule has 3 N–H and O–H groups in total. The first-order valence-corrected chi connectivity index (χ1v) is 8.58. The average Bonchev–Trinajstić information content (AvgIpc) is 2.89. The molecule has 0 aliphatic heterocycles. The van der Waals surface area contributed by atoms with Gasteiger partial charge < -0.3 is 10.2 Å². The van der Waals surface area contributed by atoms with Crippen molar-refractivity contribution in [2.45, 2.75) is 40.0 Å². The maximum Gasteiger partial charge on any atom is 0.284 e. The van der Waals surface area contributed by atoms with Crippen LogP contribution in [0.4, 0.5) is 0 Å². The zero-order valence-electron chi connectivity index (χ0n) is 15.3. The fraction of sp³-hybridized carbons (Fsp3) is 0.350. The Hall–Kier alpha value is -2.89. The van der Waals surface area contributed by atoms with Crippen LogP contribution in [-0.2, 0) is 17.6 Å². The van der Waals surface area contributed by atoms with Crippen molar-refractivity contribution in [3.8, 4) is 0 Å². The van der Waals surface area contributed by atoms with E-state index < -0.39 is 5.91 Å². The highest BCUT2D eigenvalue weighted by atomic mass is 16.4. The molecule has 6 heteroatoms. The summed E-state index contributed by atoms with van der Waals surface area (Å²) in [7, 11) is 0. The summed E-state index contributed by atoms with van der Waals surface area (Å²) >= 11 is 0. The molecule has 0 spiro atoms. The number of primary amides is 1. The number of amides is 2. The fourth-order valence-electron chi connectivity index (χ4n) is 3.40. The van der Waals surface area contributed by atoms with Gasteiger partial charge in [-0.25, -0.2) is 5.43 Å². The minimum absolute atomic E-state index is 0.0881. The second-order valence-electron chi connectivity index (χ2n) is 7.49. The number of carbonyl (C=O) groups excluding carboxylic acids is 2.